The molecule has 1 aromatic rings. The smallest absolute Gasteiger partial charge is 0.0233 e. The van der Waals surface area contributed by atoms with Gasteiger partial charge in [-0.3, -0.25) is 4.90 Å². The van der Waals surface area contributed by atoms with Gasteiger partial charge in [-0.2, -0.15) is 0 Å². The Bertz CT molecular complexity index is 369. The summed E-state index contributed by atoms with van der Waals surface area (Å²) in [6.07, 6.45) is 0.982. The minimum atomic E-state index is 0.460. The van der Waals surface area contributed by atoms with E-state index in [2.05, 4.69) is 49.9 Å². The Labute approximate surface area is 111 Å². The molecule has 0 aromatic heterocycles. The Kier molecular flexibility index (Phi) is 4.08. The fourth-order valence-electron chi connectivity index (χ4n) is 2.48. The minimum Gasteiger partial charge on any atom is -0.330 e. The van der Waals surface area contributed by atoms with E-state index in [0.717, 1.165) is 25.4 Å². The monoisotopic (exact) mass is 246 g/mol. The van der Waals surface area contributed by atoms with E-state index in [0.29, 0.717) is 5.41 Å². The lowest BCUT2D eigenvalue weighted by Crippen LogP contribution is -2.51. The van der Waals surface area contributed by atoms with Crippen LogP contribution in [0.5, 0.6) is 0 Å². The zero-order valence-electron chi connectivity index (χ0n) is 11.9. The number of likely N-dealkylation sites (tertiary alicyclic amines) is 1. The summed E-state index contributed by atoms with van der Waals surface area (Å²) in [5, 5.41) is 0. The molecule has 0 spiro atoms. The molecular formula is C16H26N2. The molecule has 2 nitrogen and oxygen atoms in total. The maximum Gasteiger partial charge on any atom is 0.0233 e. The van der Waals surface area contributed by atoms with Crippen LogP contribution in [0.1, 0.15) is 31.9 Å². The lowest BCUT2D eigenvalue weighted by molar-refractivity contribution is 0.0189. The standard InChI is InChI=1S/C16H26N2/c1-16(2,3)15-11-18(12-15)10-14-6-4-13(5-7-14)8-9-17/h4-7,15H,8-12,17H2,1-3H3. The number of benzene rings is 1. The third-order valence-corrected chi connectivity index (χ3v) is 4.04. The summed E-state index contributed by atoms with van der Waals surface area (Å²) >= 11 is 0. The van der Waals surface area contributed by atoms with Crippen LogP contribution in [0.3, 0.4) is 0 Å². The van der Waals surface area contributed by atoms with Crippen molar-refractivity contribution in [3.8, 4) is 0 Å². The van der Waals surface area contributed by atoms with Gasteiger partial charge in [0, 0.05) is 19.6 Å². The quantitative estimate of drug-likeness (QED) is 0.885. The zero-order chi connectivity index (χ0) is 13.2. The number of hydrogen-bond acceptors (Lipinski definition) is 2. The number of hydrogen-bond donors (Lipinski definition) is 1. The van der Waals surface area contributed by atoms with Crippen LogP contribution in [-0.4, -0.2) is 24.5 Å². The van der Waals surface area contributed by atoms with E-state index in [9.17, 15) is 0 Å². The molecule has 0 atom stereocenters. The molecule has 2 heteroatoms. The summed E-state index contributed by atoms with van der Waals surface area (Å²) in [4.78, 5) is 2.54. The molecule has 100 valence electrons. The highest BCUT2D eigenvalue weighted by molar-refractivity contribution is 5.23. The summed E-state index contributed by atoms with van der Waals surface area (Å²) in [5.74, 6) is 0.856. The van der Waals surface area contributed by atoms with Crippen molar-refractivity contribution in [1.82, 2.24) is 4.90 Å². The second kappa shape index (κ2) is 5.41. The van der Waals surface area contributed by atoms with Gasteiger partial charge in [-0.1, -0.05) is 45.0 Å². The fraction of sp³-hybridized carbons (Fsp3) is 0.625. The van der Waals surface area contributed by atoms with Crippen LogP contribution in [0.4, 0.5) is 0 Å². The maximum atomic E-state index is 5.56. The number of nitrogens with zero attached hydrogens (tertiary/aromatic N) is 1. The van der Waals surface area contributed by atoms with Gasteiger partial charge >= 0.3 is 0 Å². The molecule has 0 bridgehead atoms. The second-order valence-electron chi connectivity index (χ2n) is 6.61. The third kappa shape index (κ3) is 3.33. The number of nitrogens with two attached hydrogens (primary N) is 1. The Morgan fingerprint density at radius 1 is 1.11 bits per heavy atom. The van der Waals surface area contributed by atoms with Gasteiger partial charge in [-0.15, -0.1) is 0 Å². The van der Waals surface area contributed by atoms with Crippen molar-refractivity contribution >= 4 is 0 Å². The summed E-state index contributed by atoms with van der Waals surface area (Å²) in [6.45, 7) is 11.3. The molecule has 0 saturated carbocycles. The Morgan fingerprint density at radius 3 is 2.17 bits per heavy atom. The lowest BCUT2D eigenvalue weighted by atomic mass is 9.76. The molecule has 1 aromatic carbocycles. The maximum absolute atomic E-state index is 5.56. The van der Waals surface area contributed by atoms with Crippen LogP contribution in [0, 0.1) is 11.3 Å². The van der Waals surface area contributed by atoms with E-state index < -0.39 is 0 Å². The van der Waals surface area contributed by atoms with Crippen molar-refractivity contribution < 1.29 is 0 Å². The van der Waals surface area contributed by atoms with Gasteiger partial charge in [-0.25, -0.2) is 0 Å². The molecule has 1 aliphatic heterocycles. The largest absolute Gasteiger partial charge is 0.330 e. The van der Waals surface area contributed by atoms with E-state index in [4.69, 9.17) is 5.73 Å². The van der Waals surface area contributed by atoms with Gasteiger partial charge in [0.25, 0.3) is 0 Å². The molecule has 1 aliphatic rings. The van der Waals surface area contributed by atoms with Crippen LogP contribution >= 0.6 is 0 Å². The molecule has 1 heterocycles. The Hall–Kier alpha value is -0.860. The van der Waals surface area contributed by atoms with Crippen molar-refractivity contribution in [2.45, 2.75) is 33.7 Å². The topological polar surface area (TPSA) is 29.3 Å². The zero-order valence-corrected chi connectivity index (χ0v) is 11.9. The van der Waals surface area contributed by atoms with Crippen molar-refractivity contribution in [3.05, 3.63) is 35.4 Å². The Morgan fingerprint density at radius 2 is 1.67 bits per heavy atom. The predicted molar refractivity (Wildman–Crippen MR) is 77.4 cm³/mol. The first-order chi connectivity index (χ1) is 8.49. The summed E-state index contributed by atoms with van der Waals surface area (Å²) in [7, 11) is 0. The molecule has 0 amide bonds. The highest BCUT2D eigenvalue weighted by Crippen LogP contribution is 2.34. The molecule has 2 rings (SSSR count). The van der Waals surface area contributed by atoms with Gasteiger partial charge in [-0.05, 0) is 35.4 Å². The van der Waals surface area contributed by atoms with Crippen LogP contribution in [0.25, 0.3) is 0 Å². The van der Waals surface area contributed by atoms with Gasteiger partial charge < -0.3 is 5.73 Å². The van der Waals surface area contributed by atoms with Crippen molar-refractivity contribution in [2.24, 2.45) is 17.1 Å². The van der Waals surface area contributed by atoms with Crippen LogP contribution in [-0.2, 0) is 13.0 Å². The molecule has 0 unspecified atom stereocenters. The van der Waals surface area contributed by atoms with Gasteiger partial charge in [0.05, 0.1) is 0 Å². The average Bonchev–Trinajstić information content (AvgIpc) is 2.24. The summed E-state index contributed by atoms with van der Waals surface area (Å²) in [5.41, 5.74) is 8.78. The average molecular weight is 246 g/mol. The van der Waals surface area contributed by atoms with Crippen LogP contribution < -0.4 is 5.73 Å². The van der Waals surface area contributed by atoms with E-state index in [1.807, 2.05) is 0 Å². The number of rotatable bonds is 4. The molecule has 1 saturated heterocycles. The molecule has 0 aliphatic carbocycles. The van der Waals surface area contributed by atoms with Gasteiger partial charge in [0.15, 0.2) is 0 Å². The summed E-state index contributed by atoms with van der Waals surface area (Å²) < 4.78 is 0. The van der Waals surface area contributed by atoms with E-state index in [1.54, 1.807) is 0 Å². The normalized spacial score (nSPS) is 17.8. The SMILES string of the molecule is CC(C)(C)C1CN(Cc2ccc(CCN)cc2)C1. The fourth-order valence-corrected chi connectivity index (χ4v) is 2.48. The van der Waals surface area contributed by atoms with Crippen molar-refractivity contribution in [2.75, 3.05) is 19.6 Å². The second-order valence-corrected chi connectivity index (χ2v) is 6.61. The first-order valence-corrected chi connectivity index (χ1v) is 6.99. The molecule has 18 heavy (non-hydrogen) atoms. The predicted octanol–water partition coefficient (Wildman–Crippen LogP) is 2.67. The molecule has 1 fully saturated rings. The highest BCUT2D eigenvalue weighted by Gasteiger charge is 2.35. The van der Waals surface area contributed by atoms with E-state index in [1.165, 1.54) is 24.2 Å². The third-order valence-electron chi connectivity index (χ3n) is 4.04. The first kappa shape index (κ1) is 13.6. The molecule has 0 radical (unpaired) electrons. The molecular weight excluding hydrogens is 220 g/mol. The van der Waals surface area contributed by atoms with Crippen LogP contribution in [0.15, 0.2) is 24.3 Å². The highest BCUT2D eigenvalue weighted by atomic mass is 15.2. The van der Waals surface area contributed by atoms with Crippen molar-refractivity contribution in [1.29, 1.82) is 0 Å². The van der Waals surface area contributed by atoms with Crippen LogP contribution in [0.2, 0.25) is 0 Å². The minimum absolute atomic E-state index is 0.460. The lowest BCUT2D eigenvalue weighted by Gasteiger charge is -2.46. The van der Waals surface area contributed by atoms with Gasteiger partial charge in [0.2, 0.25) is 0 Å². The first-order valence-electron chi connectivity index (χ1n) is 6.99. The molecule has 2 N–H and O–H groups in total. The Balaban J connectivity index is 1.81. The van der Waals surface area contributed by atoms with E-state index in [-0.39, 0.29) is 0 Å². The van der Waals surface area contributed by atoms with E-state index >= 15 is 0 Å². The summed E-state index contributed by atoms with van der Waals surface area (Å²) in [6, 6.07) is 8.91. The van der Waals surface area contributed by atoms with Gasteiger partial charge in [0.1, 0.15) is 0 Å². The van der Waals surface area contributed by atoms with Crippen molar-refractivity contribution in [3.63, 3.8) is 0 Å².